The summed E-state index contributed by atoms with van der Waals surface area (Å²) in [5.74, 6) is 1.24. The maximum absolute atomic E-state index is 9.45. The van der Waals surface area contributed by atoms with Crippen molar-refractivity contribution in [2.24, 2.45) is 0 Å². The Morgan fingerprint density at radius 2 is 2.00 bits per heavy atom. The number of nitrogen functional groups attached to an aromatic ring is 1. The number of hydrogen-bond acceptors (Lipinski definition) is 5. The van der Waals surface area contributed by atoms with E-state index in [1.54, 1.807) is 24.3 Å². The number of anilines is 1. The molecule has 108 valence electrons. The third-order valence-corrected chi connectivity index (χ3v) is 2.99. The topological polar surface area (TPSA) is 81.5 Å². The lowest BCUT2D eigenvalue weighted by Crippen LogP contribution is -2.07. The van der Waals surface area contributed by atoms with Gasteiger partial charge in [0.05, 0.1) is 11.8 Å². The molecule has 0 saturated heterocycles. The Labute approximate surface area is 122 Å². The van der Waals surface area contributed by atoms with Crippen LogP contribution in [0, 0.1) is 0 Å². The van der Waals surface area contributed by atoms with Crippen molar-refractivity contribution >= 4 is 16.8 Å². The van der Waals surface area contributed by atoms with Gasteiger partial charge in [-0.15, -0.1) is 0 Å². The van der Waals surface area contributed by atoms with Crippen LogP contribution in [0.4, 0.5) is 5.69 Å². The van der Waals surface area contributed by atoms with Crippen LogP contribution in [0.2, 0.25) is 0 Å². The van der Waals surface area contributed by atoms with E-state index in [4.69, 9.17) is 14.9 Å². The predicted octanol–water partition coefficient (Wildman–Crippen LogP) is 3.57. The zero-order chi connectivity index (χ0) is 15.0. The van der Waals surface area contributed by atoms with Crippen LogP contribution in [-0.2, 0) is 0 Å². The van der Waals surface area contributed by atoms with Crippen LogP contribution in [-0.4, -0.2) is 16.2 Å². The van der Waals surface area contributed by atoms with Crippen molar-refractivity contribution in [3.63, 3.8) is 0 Å². The lowest BCUT2D eigenvalue weighted by atomic mass is 10.2. The number of fused-ring (bicyclic) bond motifs is 1. The maximum Gasteiger partial charge on any atom is 0.227 e. The molecule has 0 aliphatic heterocycles. The smallest absolute Gasteiger partial charge is 0.227 e. The lowest BCUT2D eigenvalue weighted by molar-refractivity contribution is 0.244. The van der Waals surface area contributed by atoms with E-state index in [2.05, 4.69) is 4.98 Å². The van der Waals surface area contributed by atoms with Gasteiger partial charge in [0.15, 0.2) is 5.58 Å². The van der Waals surface area contributed by atoms with Crippen molar-refractivity contribution in [2.45, 2.75) is 20.0 Å². The molecule has 0 fully saturated rings. The van der Waals surface area contributed by atoms with E-state index in [-0.39, 0.29) is 11.9 Å². The summed E-state index contributed by atoms with van der Waals surface area (Å²) in [6.07, 6.45) is 0.0606. The molecular weight excluding hydrogens is 268 g/mol. The first-order valence-corrected chi connectivity index (χ1v) is 6.69. The van der Waals surface area contributed by atoms with Gasteiger partial charge in [-0.2, -0.15) is 0 Å². The summed E-state index contributed by atoms with van der Waals surface area (Å²) in [6.45, 7) is 3.89. The lowest BCUT2D eigenvalue weighted by Gasteiger charge is -2.12. The molecule has 0 unspecified atom stereocenters. The fourth-order valence-corrected chi connectivity index (χ4v) is 2.08. The van der Waals surface area contributed by atoms with Gasteiger partial charge >= 0.3 is 0 Å². The molecule has 0 atom stereocenters. The van der Waals surface area contributed by atoms with Gasteiger partial charge in [0, 0.05) is 11.6 Å². The third kappa shape index (κ3) is 2.63. The molecule has 0 aliphatic carbocycles. The predicted molar refractivity (Wildman–Crippen MR) is 81.3 cm³/mol. The Kier molecular flexibility index (Phi) is 3.17. The van der Waals surface area contributed by atoms with E-state index in [0.29, 0.717) is 28.4 Å². The van der Waals surface area contributed by atoms with Crippen LogP contribution in [0.25, 0.3) is 22.6 Å². The number of ether oxygens (including phenoxy) is 1. The highest BCUT2D eigenvalue weighted by molar-refractivity contribution is 5.78. The third-order valence-electron chi connectivity index (χ3n) is 2.99. The monoisotopic (exact) mass is 284 g/mol. The van der Waals surface area contributed by atoms with E-state index >= 15 is 0 Å². The fourth-order valence-electron chi connectivity index (χ4n) is 2.08. The number of benzene rings is 2. The number of oxazole rings is 1. The molecule has 0 bridgehead atoms. The van der Waals surface area contributed by atoms with Crippen LogP contribution < -0.4 is 10.5 Å². The number of phenolic OH excluding ortho intramolecular Hbond substituents is 1. The Hall–Kier alpha value is -2.69. The molecule has 0 radical (unpaired) electrons. The molecule has 3 rings (SSSR count). The minimum atomic E-state index is 0.0606. The number of aromatic nitrogens is 1. The molecule has 0 aliphatic rings. The molecule has 21 heavy (non-hydrogen) atoms. The van der Waals surface area contributed by atoms with Crippen LogP contribution >= 0.6 is 0 Å². The van der Waals surface area contributed by atoms with Crippen LogP contribution in [0.1, 0.15) is 13.8 Å². The van der Waals surface area contributed by atoms with Crippen molar-refractivity contribution in [1.82, 2.24) is 4.98 Å². The average molecular weight is 284 g/mol. The number of nitrogens with zero attached hydrogens (tertiary/aromatic N) is 1. The van der Waals surface area contributed by atoms with E-state index < -0.39 is 0 Å². The maximum atomic E-state index is 9.45. The summed E-state index contributed by atoms with van der Waals surface area (Å²) in [5.41, 5.74) is 8.51. The summed E-state index contributed by atoms with van der Waals surface area (Å²) in [6, 6.07) is 10.2. The molecule has 1 heterocycles. The first kappa shape index (κ1) is 13.3. The van der Waals surface area contributed by atoms with Crippen molar-refractivity contribution in [3.8, 4) is 23.0 Å². The standard InChI is InChI=1S/C16H16N2O3/c1-9(2)20-14-6-3-10(7-12(14)17)16-18-13-5-4-11(19)8-15(13)21-16/h3-9,19H,17H2,1-2H3. The van der Waals surface area contributed by atoms with Crippen molar-refractivity contribution < 1.29 is 14.3 Å². The van der Waals surface area contributed by atoms with Crippen LogP contribution in [0.15, 0.2) is 40.8 Å². The van der Waals surface area contributed by atoms with Crippen molar-refractivity contribution in [3.05, 3.63) is 36.4 Å². The molecule has 3 N–H and O–H groups in total. The normalized spacial score (nSPS) is 11.2. The molecule has 2 aromatic carbocycles. The van der Waals surface area contributed by atoms with Crippen LogP contribution in [0.5, 0.6) is 11.5 Å². The summed E-state index contributed by atoms with van der Waals surface area (Å²) in [4.78, 5) is 4.38. The minimum Gasteiger partial charge on any atom is -0.508 e. The zero-order valence-electron chi connectivity index (χ0n) is 11.8. The minimum absolute atomic E-state index is 0.0606. The average Bonchev–Trinajstić information content (AvgIpc) is 2.83. The molecule has 0 spiro atoms. The number of aromatic hydroxyl groups is 1. The van der Waals surface area contributed by atoms with Gasteiger partial charge in [0.25, 0.3) is 0 Å². The Balaban J connectivity index is 2.00. The highest BCUT2D eigenvalue weighted by Crippen LogP contribution is 2.31. The summed E-state index contributed by atoms with van der Waals surface area (Å²) >= 11 is 0. The van der Waals surface area contributed by atoms with Gasteiger partial charge in [-0.3, -0.25) is 0 Å². The van der Waals surface area contributed by atoms with Crippen molar-refractivity contribution in [1.29, 1.82) is 0 Å². The number of phenols is 1. The molecule has 3 aromatic rings. The fraction of sp³-hybridized carbons (Fsp3) is 0.188. The van der Waals surface area contributed by atoms with E-state index in [1.807, 2.05) is 19.9 Å². The molecule has 0 saturated carbocycles. The number of nitrogens with two attached hydrogens (primary N) is 1. The highest BCUT2D eigenvalue weighted by Gasteiger charge is 2.11. The molecular formula is C16H16N2O3. The first-order chi connectivity index (χ1) is 10.0. The Bertz CT molecular complexity index is 793. The second kappa shape index (κ2) is 5.01. The number of rotatable bonds is 3. The van der Waals surface area contributed by atoms with Gasteiger partial charge in [-0.05, 0) is 44.2 Å². The van der Waals surface area contributed by atoms with Gasteiger partial charge in [-0.1, -0.05) is 0 Å². The molecule has 5 heteroatoms. The molecule has 0 amide bonds. The SMILES string of the molecule is CC(C)Oc1ccc(-c2nc3ccc(O)cc3o2)cc1N. The van der Waals surface area contributed by atoms with Gasteiger partial charge in [0.2, 0.25) is 5.89 Å². The Morgan fingerprint density at radius 1 is 1.19 bits per heavy atom. The van der Waals surface area contributed by atoms with Gasteiger partial charge in [0.1, 0.15) is 17.0 Å². The van der Waals surface area contributed by atoms with Gasteiger partial charge in [-0.25, -0.2) is 4.98 Å². The number of hydrogen-bond donors (Lipinski definition) is 2. The van der Waals surface area contributed by atoms with Crippen LogP contribution in [0.3, 0.4) is 0 Å². The van der Waals surface area contributed by atoms with Gasteiger partial charge < -0.3 is 20.0 Å². The first-order valence-electron chi connectivity index (χ1n) is 6.69. The summed E-state index contributed by atoms with van der Waals surface area (Å²) in [5, 5.41) is 9.45. The highest BCUT2D eigenvalue weighted by atomic mass is 16.5. The zero-order valence-corrected chi connectivity index (χ0v) is 11.8. The van der Waals surface area contributed by atoms with E-state index in [1.165, 1.54) is 6.07 Å². The van der Waals surface area contributed by atoms with Crippen molar-refractivity contribution in [2.75, 3.05) is 5.73 Å². The summed E-state index contributed by atoms with van der Waals surface area (Å²) in [7, 11) is 0. The second-order valence-electron chi connectivity index (χ2n) is 5.09. The molecule has 1 aromatic heterocycles. The summed E-state index contributed by atoms with van der Waals surface area (Å²) < 4.78 is 11.2. The van der Waals surface area contributed by atoms with E-state index in [0.717, 1.165) is 5.56 Å². The second-order valence-corrected chi connectivity index (χ2v) is 5.09. The van der Waals surface area contributed by atoms with E-state index in [9.17, 15) is 5.11 Å². The Morgan fingerprint density at radius 3 is 2.71 bits per heavy atom. The molecule has 5 nitrogen and oxygen atoms in total. The largest absolute Gasteiger partial charge is 0.508 e. The quantitative estimate of drug-likeness (QED) is 0.718.